The standard InChI is InChI=1S/C18H15Cl2NO4.C7H7F.C3H8/c19-13-5-1-11(2-6-13)17-18(12-3-7-14(20)8-4-12)25-10-15(22)21(17)9-16(23)24;1-6-2-4-7(8)5-3-6;1-3-2/h1-8,17-18H,9-10H2,(H,23,24);2-5H,1H3;3H2,1-2H3. The number of aryl methyl sites for hydroxylation is 1. The van der Waals surface area contributed by atoms with E-state index in [1.165, 1.54) is 23.5 Å². The molecule has 1 fully saturated rings. The van der Waals surface area contributed by atoms with Gasteiger partial charge in [0.25, 0.3) is 0 Å². The molecule has 3 aromatic rings. The Bertz CT molecular complexity index is 1080. The number of carbonyl (C=O) groups excluding carboxylic acids is 1. The first-order chi connectivity index (χ1) is 17.2. The van der Waals surface area contributed by atoms with Crippen LogP contribution in [0.1, 0.15) is 49.1 Å². The third-order valence-electron chi connectivity index (χ3n) is 5.06. The third-order valence-corrected chi connectivity index (χ3v) is 5.56. The van der Waals surface area contributed by atoms with Gasteiger partial charge in [-0.1, -0.05) is 85.4 Å². The van der Waals surface area contributed by atoms with Crippen LogP contribution in [0.4, 0.5) is 4.39 Å². The summed E-state index contributed by atoms with van der Waals surface area (Å²) in [6.07, 6.45) is 0.746. The number of amides is 1. The molecule has 1 heterocycles. The Morgan fingerprint density at radius 2 is 1.42 bits per heavy atom. The van der Waals surface area contributed by atoms with Crippen LogP contribution < -0.4 is 0 Å². The molecule has 192 valence electrons. The molecule has 4 rings (SSSR count). The zero-order chi connectivity index (χ0) is 26.7. The van der Waals surface area contributed by atoms with Crippen LogP contribution in [0.5, 0.6) is 0 Å². The van der Waals surface area contributed by atoms with Gasteiger partial charge in [0, 0.05) is 10.0 Å². The summed E-state index contributed by atoms with van der Waals surface area (Å²) in [5, 5.41) is 10.4. The fourth-order valence-electron chi connectivity index (χ4n) is 3.46. The molecule has 0 bridgehead atoms. The molecule has 1 N–H and O–H groups in total. The van der Waals surface area contributed by atoms with Crippen molar-refractivity contribution in [3.63, 3.8) is 0 Å². The first kappa shape index (κ1) is 29.3. The summed E-state index contributed by atoms with van der Waals surface area (Å²) in [5.41, 5.74) is 2.65. The van der Waals surface area contributed by atoms with Crippen molar-refractivity contribution >= 4 is 35.1 Å². The van der Waals surface area contributed by atoms with Gasteiger partial charge in [-0.05, 0) is 54.4 Å². The molecule has 8 heteroatoms. The Morgan fingerprint density at radius 3 is 1.86 bits per heavy atom. The molecule has 0 aliphatic carbocycles. The normalized spacial score (nSPS) is 16.8. The van der Waals surface area contributed by atoms with E-state index in [0.29, 0.717) is 10.0 Å². The van der Waals surface area contributed by atoms with Gasteiger partial charge >= 0.3 is 5.97 Å². The highest BCUT2D eigenvalue weighted by Crippen LogP contribution is 2.40. The number of carboxylic acid groups (broad SMARTS) is 1. The quantitative estimate of drug-likeness (QED) is 0.382. The third kappa shape index (κ3) is 8.94. The number of hydrogen-bond donors (Lipinski definition) is 1. The highest BCUT2D eigenvalue weighted by Gasteiger charge is 2.39. The smallest absolute Gasteiger partial charge is 0.323 e. The van der Waals surface area contributed by atoms with Crippen molar-refractivity contribution in [3.05, 3.63) is 105 Å². The second kappa shape index (κ2) is 14.6. The molecule has 0 radical (unpaired) electrons. The monoisotopic (exact) mass is 533 g/mol. The first-order valence-corrected chi connectivity index (χ1v) is 12.3. The van der Waals surface area contributed by atoms with Crippen LogP contribution in [0.25, 0.3) is 0 Å². The van der Waals surface area contributed by atoms with Crippen LogP contribution in [-0.2, 0) is 14.3 Å². The number of halogens is 3. The van der Waals surface area contributed by atoms with E-state index >= 15 is 0 Å². The second-order valence-electron chi connectivity index (χ2n) is 8.20. The van der Waals surface area contributed by atoms with E-state index < -0.39 is 24.7 Å². The first-order valence-electron chi connectivity index (χ1n) is 11.5. The van der Waals surface area contributed by atoms with Gasteiger partial charge in [0.2, 0.25) is 5.91 Å². The number of ether oxygens (including phenoxy) is 1. The lowest BCUT2D eigenvalue weighted by atomic mass is 9.92. The van der Waals surface area contributed by atoms with Gasteiger partial charge in [0.05, 0.1) is 6.04 Å². The number of nitrogens with zero attached hydrogens (tertiary/aromatic N) is 1. The predicted octanol–water partition coefficient (Wildman–Crippen LogP) is 7.27. The SMILES string of the molecule is CCC.Cc1ccc(F)cc1.O=C(O)CN1C(=O)COC(c2ccc(Cl)cc2)C1c1ccc(Cl)cc1. The van der Waals surface area contributed by atoms with Crippen molar-refractivity contribution in [2.45, 2.75) is 39.3 Å². The maximum absolute atomic E-state index is 12.3. The van der Waals surface area contributed by atoms with Crippen LogP contribution in [0, 0.1) is 12.7 Å². The highest BCUT2D eigenvalue weighted by molar-refractivity contribution is 6.30. The largest absolute Gasteiger partial charge is 0.480 e. The van der Waals surface area contributed by atoms with Gasteiger partial charge in [0.15, 0.2) is 0 Å². The summed E-state index contributed by atoms with van der Waals surface area (Å²) in [6, 6.07) is 19.9. The summed E-state index contributed by atoms with van der Waals surface area (Å²) < 4.78 is 17.9. The Hall–Kier alpha value is -2.93. The van der Waals surface area contributed by atoms with Gasteiger partial charge in [-0.15, -0.1) is 0 Å². The maximum Gasteiger partial charge on any atom is 0.323 e. The number of morpholine rings is 1. The molecule has 1 aliphatic heterocycles. The Labute approximate surface area is 221 Å². The van der Waals surface area contributed by atoms with Gasteiger partial charge in [-0.25, -0.2) is 4.39 Å². The fourth-order valence-corrected chi connectivity index (χ4v) is 3.72. The highest BCUT2D eigenvalue weighted by atomic mass is 35.5. The van der Waals surface area contributed by atoms with Crippen LogP contribution in [0.15, 0.2) is 72.8 Å². The summed E-state index contributed by atoms with van der Waals surface area (Å²) in [4.78, 5) is 24.9. The lowest BCUT2D eigenvalue weighted by Gasteiger charge is -2.40. The van der Waals surface area contributed by atoms with Gasteiger partial charge in [-0.2, -0.15) is 0 Å². The van der Waals surface area contributed by atoms with E-state index in [4.69, 9.17) is 27.9 Å². The zero-order valence-corrected chi connectivity index (χ0v) is 22.0. The van der Waals surface area contributed by atoms with E-state index in [2.05, 4.69) is 13.8 Å². The van der Waals surface area contributed by atoms with E-state index in [0.717, 1.165) is 16.7 Å². The molecule has 36 heavy (non-hydrogen) atoms. The average molecular weight is 534 g/mol. The predicted molar refractivity (Wildman–Crippen MR) is 141 cm³/mol. The summed E-state index contributed by atoms with van der Waals surface area (Å²) in [7, 11) is 0. The Kier molecular flexibility index (Phi) is 11.9. The van der Waals surface area contributed by atoms with E-state index in [1.54, 1.807) is 48.5 Å². The summed E-state index contributed by atoms with van der Waals surface area (Å²) >= 11 is 11.9. The maximum atomic E-state index is 12.3. The molecule has 0 aromatic heterocycles. The Balaban J connectivity index is 0.000000345. The lowest BCUT2D eigenvalue weighted by Crippen LogP contribution is -2.47. The van der Waals surface area contributed by atoms with Gasteiger partial charge in [0.1, 0.15) is 25.1 Å². The van der Waals surface area contributed by atoms with Crippen molar-refractivity contribution in [3.8, 4) is 0 Å². The van der Waals surface area contributed by atoms with Crippen molar-refractivity contribution in [1.82, 2.24) is 4.90 Å². The molecular formula is C28H30Cl2FNO4. The minimum Gasteiger partial charge on any atom is -0.480 e. The summed E-state index contributed by atoms with van der Waals surface area (Å²) in [6.45, 7) is 5.60. The Morgan fingerprint density at radius 1 is 0.944 bits per heavy atom. The topological polar surface area (TPSA) is 66.8 Å². The van der Waals surface area contributed by atoms with E-state index in [9.17, 15) is 19.1 Å². The number of carbonyl (C=O) groups is 2. The average Bonchev–Trinajstić information content (AvgIpc) is 2.84. The van der Waals surface area contributed by atoms with Crippen LogP contribution in [0.2, 0.25) is 10.0 Å². The number of benzene rings is 3. The van der Waals surface area contributed by atoms with Gasteiger partial charge < -0.3 is 14.7 Å². The van der Waals surface area contributed by atoms with Crippen molar-refractivity contribution in [2.24, 2.45) is 0 Å². The molecule has 2 unspecified atom stereocenters. The fraction of sp³-hybridized carbons (Fsp3) is 0.286. The van der Waals surface area contributed by atoms with E-state index in [-0.39, 0.29) is 18.3 Å². The van der Waals surface area contributed by atoms with Crippen LogP contribution in [-0.4, -0.2) is 35.0 Å². The van der Waals surface area contributed by atoms with E-state index in [1.807, 2.05) is 19.1 Å². The number of rotatable bonds is 4. The zero-order valence-electron chi connectivity index (χ0n) is 20.5. The number of aliphatic carboxylic acids is 1. The molecule has 1 aliphatic rings. The second-order valence-corrected chi connectivity index (χ2v) is 9.07. The number of carboxylic acids is 1. The molecular weight excluding hydrogens is 504 g/mol. The minimum atomic E-state index is -1.08. The van der Waals surface area contributed by atoms with Crippen molar-refractivity contribution < 1.29 is 23.8 Å². The van der Waals surface area contributed by atoms with Gasteiger partial charge in [-0.3, -0.25) is 9.59 Å². The molecule has 5 nitrogen and oxygen atoms in total. The molecule has 3 aromatic carbocycles. The molecule has 1 amide bonds. The van der Waals surface area contributed by atoms with Crippen LogP contribution >= 0.6 is 23.2 Å². The molecule has 2 atom stereocenters. The van der Waals surface area contributed by atoms with Crippen LogP contribution in [0.3, 0.4) is 0 Å². The lowest BCUT2D eigenvalue weighted by molar-refractivity contribution is -0.164. The minimum absolute atomic E-state index is 0.171. The molecule has 0 spiro atoms. The van der Waals surface area contributed by atoms with Crippen molar-refractivity contribution in [2.75, 3.05) is 13.2 Å². The van der Waals surface area contributed by atoms with Crippen molar-refractivity contribution in [1.29, 1.82) is 0 Å². The summed E-state index contributed by atoms with van der Waals surface area (Å²) in [5.74, 6) is -1.62. The number of hydrogen-bond acceptors (Lipinski definition) is 3. The molecule has 1 saturated heterocycles. The molecule has 0 saturated carbocycles.